The van der Waals surface area contributed by atoms with Crippen LogP contribution >= 0.6 is 11.3 Å². The molecule has 7 heteroatoms. The Morgan fingerprint density at radius 3 is 2.48 bits per heavy atom. The highest BCUT2D eigenvalue weighted by atomic mass is 32.2. The third-order valence-electron chi connectivity index (χ3n) is 2.98. The van der Waals surface area contributed by atoms with Crippen LogP contribution in [0.25, 0.3) is 0 Å². The molecule has 1 aromatic heterocycles. The Hall–Kier alpha value is -1.73. The molecule has 0 aliphatic heterocycles. The molecule has 1 N–H and O–H groups in total. The zero-order chi connectivity index (χ0) is 15.5. The number of carbonyl (C=O) groups excluding carboxylic acids is 1. The number of carbonyl (C=O) groups is 1. The first-order valence-electron chi connectivity index (χ1n) is 6.40. The number of thiazole rings is 1. The molecule has 21 heavy (non-hydrogen) atoms. The molecule has 0 aliphatic carbocycles. The molecule has 0 unspecified atom stereocenters. The van der Waals surface area contributed by atoms with E-state index in [1.165, 1.54) is 23.5 Å². The van der Waals surface area contributed by atoms with E-state index < -0.39 is 9.84 Å². The van der Waals surface area contributed by atoms with E-state index in [4.69, 9.17) is 0 Å². The second kappa shape index (κ2) is 6.36. The molecule has 0 spiro atoms. The topological polar surface area (TPSA) is 76.1 Å². The fraction of sp³-hybridized carbons (Fsp3) is 0.286. The number of aromatic nitrogens is 1. The van der Waals surface area contributed by atoms with Gasteiger partial charge in [0, 0.05) is 11.3 Å². The number of nitrogens with one attached hydrogen (secondary N) is 1. The zero-order valence-corrected chi connectivity index (χ0v) is 13.4. The van der Waals surface area contributed by atoms with E-state index >= 15 is 0 Å². The summed E-state index contributed by atoms with van der Waals surface area (Å²) in [4.78, 5) is 17.3. The molecule has 0 bridgehead atoms. The molecular formula is C14H16N2O3S2. The number of hydrogen-bond donors (Lipinski definition) is 1. The fourth-order valence-corrected chi connectivity index (χ4v) is 3.77. The van der Waals surface area contributed by atoms with E-state index in [1.807, 2.05) is 13.8 Å². The lowest BCUT2D eigenvalue weighted by molar-refractivity contribution is -0.115. The quantitative estimate of drug-likeness (QED) is 0.917. The molecule has 0 aliphatic rings. The highest BCUT2D eigenvalue weighted by Gasteiger charge is 2.16. The minimum absolute atomic E-state index is 0.0884. The number of amides is 1. The highest BCUT2D eigenvalue weighted by molar-refractivity contribution is 7.91. The summed E-state index contributed by atoms with van der Waals surface area (Å²) in [5, 5.41) is 3.14. The van der Waals surface area contributed by atoms with E-state index in [1.54, 1.807) is 18.2 Å². The summed E-state index contributed by atoms with van der Waals surface area (Å²) < 4.78 is 24.1. The summed E-state index contributed by atoms with van der Waals surface area (Å²) in [5.74, 6) is -0.560. The Morgan fingerprint density at radius 2 is 1.90 bits per heavy atom. The van der Waals surface area contributed by atoms with E-state index in [2.05, 4.69) is 10.3 Å². The van der Waals surface area contributed by atoms with Gasteiger partial charge >= 0.3 is 0 Å². The molecule has 1 heterocycles. The third-order valence-corrected chi connectivity index (χ3v) is 5.70. The van der Waals surface area contributed by atoms with Crippen molar-refractivity contribution in [3.05, 3.63) is 40.9 Å². The lowest BCUT2D eigenvalue weighted by Crippen LogP contribution is -2.17. The van der Waals surface area contributed by atoms with Crippen LogP contribution in [0.3, 0.4) is 0 Å². The molecule has 2 rings (SSSR count). The number of nitrogens with zero attached hydrogens (tertiary/aromatic N) is 1. The maximum absolute atomic E-state index is 12.1. The summed E-state index contributed by atoms with van der Waals surface area (Å²) in [5.41, 5.74) is 0.868. The van der Waals surface area contributed by atoms with Crippen LogP contribution in [0.2, 0.25) is 0 Å². The van der Waals surface area contributed by atoms with Gasteiger partial charge in [-0.3, -0.25) is 4.79 Å². The Morgan fingerprint density at radius 1 is 1.24 bits per heavy atom. The summed E-state index contributed by atoms with van der Waals surface area (Å²) in [7, 11) is -3.43. The van der Waals surface area contributed by atoms with Gasteiger partial charge in [0.25, 0.3) is 0 Å². The summed E-state index contributed by atoms with van der Waals surface area (Å²) in [6.45, 7) is 3.78. The van der Waals surface area contributed by atoms with Gasteiger partial charge in [0.1, 0.15) is 0 Å². The summed E-state index contributed by atoms with van der Waals surface area (Å²) in [6.07, 6.45) is -0.0884. The summed E-state index contributed by atoms with van der Waals surface area (Å²) in [6, 6.07) is 8.13. The molecule has 1 amide bonds. The van der Waals surface area contributed by atoms with E-state index in [-0.39, 0.29) is 23.0 Å². The number of sulfone groups is 1. The van der Waals surface area contributed by atoms with E-state index in [9.17, 15) is 13.2 Å². The number of hydrogen-bond acceptors (Lipinski definition) is 5. The van der Waals surface area contributed by atoms with E-state index in [0.717, 1.165) is 10.6 Å². The number of rotatable bonds is 5. The van der Waals surface area contributed by atoms with Gasteiger partial charge in [-0.1, -0.05) is 18.2 Å². The van der Waals surface area contributed by atoms with Crippen molar-refractivity contribution in [1.82, 2.24) is 4.98 Å². The van der Waals surface area contributed by atoms with Crippen LogP contribution in [0.1, 0.15) is 17.0 Å². The average molecular weight is 324 g/mol. The number of benzene rings is 1. The molecule has 0 fully saturated rings. The van der Waals surface area contributed by atoms with Crippen LogP contribution < -0.4 is 5.32 Å². The smallest absolute Gasteiger partial charge is 0.227 e. The van der Waals surface area contributed by atoms with Crippen molar-refractivity contribution in [3.8, 4) is 0 Å². The van der Waals surface area contributed by atoms with Crippen molar-refractivity contribution >= 4 is 32.2 Å². The van der Waals surface area contributed by atoms with Gasteiger partial charge in [0.05, 0.1) is 16.3 Å². The largest absolute Gasteiger partial charge is 0.302 e. The lowest BCUT2D eigenvalue weighted by Gasteiger charge is -2.04. The number of anilines is 1. The Balaban J connectivity index is 1.95. The van der Waals surface area contributed by atoms with Crippen molar-refractivity contribution < 1.29 is 13.2 Å². The zero-order valence-electron chi connectivity index (χ0n) is 11.8. The fourth-order valence-electron chi connectivity index (χ4n) is 1.68. The minimum Gasteiger partial charge on any atom is -0.302 e. The first kappa shape index (κ1) is 15.7. The summed E-state index contributed by atoms with van der Waals surface area (Å²) >= 11 is 1.38. The maximum atomic E-state index is 12.1. The first-order valence-corrected chi connectivity index (χ1v) is 8.87. The molecule has 1 aromatic carbocycles. The molecule has 0 radical (unpaired) electrons. The van der Waals surface area contributed by atoms with Crippen LogP contribution in [-0.4, -0.2) is 25.1 Å². The molecular weight excluding hydrogens is 308 g/mol. The molecule has 0 atom stereocenters. The third kappa shape index (κ3) is 4.12. The highest BCUT2D eigenvalue weighted by Crippen LogP contribution is 2.21. The van der Waals surface area contributed by atoms with Gasteiger partial charge in [0.2, 0.25) is 5.91 Å². The van der Waals surface area contributed by atoms with Gasteiger partial charge in [-0.25, -0.2) is 13.4 Å². The average Bonchev–Trinajstić information content (AvgIpc) is 2.76. The van der Waals surface area contributed by atoms with Crippen molar-refractivity contribution in [2.45, 2.75) is 25.2 Å². The van der Waals surface area contributed by atoms with Crippen LogP contribution in [0, 0.1) is 13.8 Å². The molecule has 0 saturated carbocycles. The number of aryl methyl sites for hydroxylation is 2. The Bertz CT molecular complexity index is 717. The van der Waals surface area contributed by atoms with Crippen molar-refractivity contribution in [2.75, 3.05) is 11.1 Å². The first-order chi connectivity index (χ1) is 9.88. The van der Waals surface area contributed by atoms with Crippen LogP contribution in [0.5, 0.6) is 0 Å². The van der Waals surface area contributed by atoms with Gasteiger partial charge in [0.15, 0.2) is 15.0 Å². The molecule has 0 saturated heterocycles. The van der Waals surface area contributed by atoms with Crippen LogP contribution in [-0.2, 0) is 14.6 Å². The van der Waals surface area contributed by atoms with Gasteiger partial charge in [-0.05, 0) is 26.0 Å². The monoisotopic (exact) mass is 324 g/mol. The Kier molecular flexibility index (Phi) is 4.74. The maximum Gasteiger partial charge on any atom is 0.227 e. The van der Waals surface area contributed by atoms with Gasteiger partial charge in [-0.2, -0.15) is 0 Å². The second-order valence-corrected chi connectivity index (χ2v) is 7.90. The van der Waals surface area contributed by atoms with Crippen LogP contribution in [0.15, 0.2) is 35.2 Å². The normalized spacial score (nSPS) is 11.3. The molecule has 112 valence electrons. The van der Waals surface area contributed by atoms with Crippen molar-refractivity contribution in [3.63, 3.8) is 0 Å². The standard InChI is InChI=1S/C14H16N2O3S2/c1-10-11(2)20-14(15-10)16-13(17)8-9-21(18,19)12-6-4-3-5-7-12/h3-7H,8-9H2,1-2H3,(H,15,16,17). The minimum atomic E-state index is -3.43. The predicted octanol–water partition coefficient (Wildman–Crippen LogP) is 2.56. The SMILES string of the molecule is Cc1nc(NC(=O)CCS(=O)(=O)c2ccccc2)sc1C. The van der Waals surface area contributed by atoms with Crippen molar-refractivity contribution in [2.24, 2.45) is 0 Å². The van der Waals surface area contributed by atoms with Gasteiger partial charge in [-0.15, -0.1) is 11.3 Å². The second-order valence-electron chi connectivity index (χ2n) is 4.59. The predicted molar refractivity (Wildman–Crippen MR) is 83.3 cm³/mol. The van der Waals surface area contributed by atoms with Crippen molar-refractivity contribution in [1.29, 1.82) is 0 Å². The van der Waals surface area contributed by atoms with Gasteiger partial charge < -0.3 is 5.32 Å². The van der Waals surface area contributed by atoms with Crippen LogP contribution in [0.4, 0.5) is 5.13 Å². The molecule has 2 aromatic rings. The lowest BCUT2D eigenvalue weighted by atomic mass is 10.4. The van der Waals surface area contributed by atoms with E-state index in [0.29, 0.717) is 5.13 Å². The molecule has 5 nitrogen and oxygen atoms in total. The Labute approximate surface area is 128 Å².